The van der Waals surface area contributed by atoms with Crippen LogP contribution in [0.3, 0.4) is 0 Å². The maximum absolute atomic E-state index is 12.2. The molecule has 6 nitrogen and oxygen atoms in total. The van der Waals surface area contributed by atoms with Crippen LogP contribution in [0.5, 0.6) is 11.5 Å². The van der Waals surface area contributed by atoms with Crippen molar-refractivity contribution in [3.8, 4) is 23.0 Å². The number of benzene rings is 2. The fourth-order valence-corrected chi connectivity index (χ4v) is 2.57. The fourth-order valence-electron chi connectivity index (χ4n) is 2.21. The summed E-state index contributed by atoms with van der Waals surface area (Å²) in [5.41, 5.74) is 0.566. The van der Waals surface area contributed by atoms with Gasteiger partial charge in [-0.15, -0.1) is 0 Å². The first-order valence-electron chi connectivity index (χ1n) is 6.95. The third-order valence-corrected chi connectivity index (χ3v) is 3.75. The molecule has 122 valence electrons. The van der Waals surface area contributed by atoms with Crippen LogP contribution in [0.2, 0.25) is 0 Å². The summed E-state index contributed by atoms with van der Waals surface area (Å²) in [5.74, 6) is 0.313. The molecule has 0 aliphatic rings. The molecule has 24 heavy (non-hydrogen) atoms. The molecule has 1 aromatic heterocycles. The van der Waals surface area contributed by atoms with Crippen molar-refractivity contribution in [1.82, 2.24) is 4.98 Å². The van der Waals surface area contributed by atoms with Crippen LogP contribution in [0.15, 0.2) is 50.1 Å². The van der Waals surface area contributed by atoms with Gasteiger partial charge in [0.1, 0.15) is 0 Å². The van der Waals surface area contributed by atoms with Crippen LogP contribution < -0.4 is 15.1 Å². The predicted octanol–water partition coefficient (Wildman–Crippen LogP) is 3.55. The minimum Gasteiger partial charge on any atom is -0.493 e. The SMILES string of the molecule is COc1cc(-c2nc3ccc(Br)cc3c(=O)o2)ccc1OC(C)=O. The summed E-state index contributed by atoms with van der Waals surface area (Å²) in [6.45, 7) is 1.30. The number of rotatable bonds is 3. The number of methoxy groups -OCH3 is 1. The van der Waals surface area contributed by atoms with E-state index in [1.54, 1.807) is 36.4 Å². The average Bonchev–Trinajstić information content (AvgIpc) is 2.55. The maximum atomic E-state index is 12.2. The van der Waals surface area contributed by atoms with Crippen molar-refractivity contribution in [3.63, 3.8) is 0 Å². The number of hydrogen-bond acceptors (Lipinski definition) is 6. The van der Waals surface area contributed by atoms with E-state index < -0.39 is 11.6 Å². The highest BCUT2D eigenvalue weighted by atomic mass is 79.9. The molecule has 0 amide bonds. The molecule has 0 fully saturated rings. The lowest BCUT2D eigenvalue weighted by molar-refractivity contribution is -0.132. The molecular weight excluding hydrogens is 378 g/mol. The van der Waals surface area contributed by atoms with Crippen molar-refractivity contribution >= 4 is 32.8 Å². The Balaban J connectivity index is 2.12. The molecule has 0 spiro atoms. The molecule has 3 aromatic rings. The molecule has 0 atom stereocenters. The van der Waals surface area contributed by atoms with E-state index in [4.69, 9.17) is 13.9 Å². The van der Waals surface area contributed by atoms with Gasteiger partial charge in [0.15, 0.2) is 11.5 Å². The Hall–Kier alpha value is -2.67. The van der Waals surface area contributed by atoms with Crippen molar-refractivity contribution in [2.45, 2.75) is 6.92 Å². The third kappa shape index (κ3) is 3.16. The second-order valence-electron chi connectivity index (χ2n) is 4.93. The van der Waals surface area contributed by atoms with Gasteiger partial charge in [-0.05, 0) is 36.4 Å². The van der Waals surface area contributed by atoms with E-state index in [9.17, 15) is 9.59 Å². The Morgan fingerprint density at radius 3 is 2.67 bits per heavy atom. The smallest absolute Gasteiger partial charge is 0.347 e. The number of nitrogens with zero attached hydrogens (tertiary/aromatic N) is 1. The van der Waals surface area contributed by atoms with Crippen molar-refractivity contribution < 1.29 is 18.7 Å². The van der Waals surface area contributed by atoms with Crippen LogP contribution in [0, 0.1) is 0 Å². The molecule has 0 aliphatic heterocycles. The lowest BCUT2D eigenvalue weighted by atomic mass is 10.2. The summed E-state index contributed by atoms with van der Waals surface area (Å²) in [6.07, 6.45) is 0. The van der Waals surface area contributed by atoms with Crippen molar-refractivity contribution in [2.75, 3.05) is 7.11 Å². The Bertz CT molecular complexity index is 996. The average molecular weight is 390 g/mol. The molecule has 7 heteroatoms. The van der Waals surface area contributed by atoms with Crippen LogP contribution in [0.4, 0.5) is 0 Å². The van der Waals surface area contributed by atoms with Crippen LogP contribution in [-0.4, -0.2) is 18.1 Å². The van der Waals surface area contributed by atoms with Crippen LogP contribution >= 0.6 is 15.9 Å². The van der Waals surface area contributed by atoms with Gasteiger partial charge in [-0.25, -0.2) is 9.78 Å². The molecule has 0 unspecified atom stereocenters. The number of esters is 1. The summed E-state index contributed by atoms with van der Waals surface area (Å²) < 4.78 is 16.3. The first-order valence-corrected chi connectivity index (χ1v) is 7.74. The monoisotopic (exact) mass is 389 g/mol. The number of hydrogen-bond donors (Lipinski definition) is 0. The molecular formula is C17H12BrNO5. The maximum Gasteiger partial charge on any atom is 0.347 e. The standard InChI is InChI=1S/C17H12BrNO5/c1-9(20)23-14-6-3-10(7-15(14)22-2)16-19-13-5-4-11(18)8-12(13)17(21)24-16/h3-8H,1-2H3. The van der Waals surface area contributed by atoms with Gasteiger partial charge in [-0.1, -0.05) is 15.9 Å². The van der Waals surface area contributed by atoms with E-state index in [0.717, 1.165) is 4.47 Å². The lowest BCUT2D eigenvalue weighted by Gasteiger charge is -2.09. The van der Waals surface area contributed by atoms with E-state index in [2.05, 4.69) is 20.9 Å². The number of carbonyl (C=O) groups excluding carboxylic acids is 1. The highest BCUT2D eigenvalue weighted by molar-refractivity contribution is 9.10. The number of fused-ring (bicyclic) bond motifs is 1. The van der Waals surface area contributed by atoms with Gasteiger partial charge < -0.3 is 13.9 Å². The van der Waals surface area contributed by atoms with Crippen molar-refractivity contribution in [2.24, 2.45) is 0 Å². The van der Waals surface area contributed by atoms with Crippen LogP contribution in [0.25, 0.3) is 22.4 Å². The Labute approximate surface area is 145 Å². The van der Waals surface area contributed by atoms with E-state index in [0.29, 0.717) is 22.2 Å². The van der Waals surface area contributed by atoms with Crippen molar-refractivity contribution in [3.05, 3.63) is 51.3 Å². The summed E-state index contributed by atoms with van der Waals surface area (Å²) in [5, 5.41) is 0.386. The van der Waals surface area contributed by atoms with Gasteiger partial charge in [0.25, 0.3) is 0 Å². The first-order chi connectivity index (χ1) is 11.5. The zero-order valence-corrected chi connectivity index (χ0v) is 14.4. The summed E-state index contributed by atoms with van der Waals surface area (Å²) >= 11 is 3.31. The minimum atomic E-state index is -0.487. The van der Waals surface area contributed by atoms with E-state index in [-0.39, 0.29) is 11.6 Å². The largest absolute Gasteiger partial charge is 0.493 e. The molecule has 0 radical (unpaired) electrons. The Morgan fingerprint density at radius 2 is 1.96 bits per heavy atom. The van der Waals surface area contributed by atoms with Gasteiger partial charge in [0.2, 0.25) is 5.89 Å². The molecule has 0 bridgehead atoms. The zero-order chi connectivity index (χ0) is 17.3. The van der Waals surface area contributed by atoms with Gasteiger partial charge in [0.05, 0.1) is 18.0 Å². The van der Waals surface area contributed by atoms with Crippen LogP contribution in [-0.2, 0) is 4.79 Å². The molecule has 2 aromatic carbocycles. The number of ether oxygens (including phenoxy) is 2. The van der Waals surface area contributed by atoms with Crippen molar-refractivity contribution in [1.29, 1.82) is 0 Å². The number of halogens is 1. The quantitative estimate of drug-likeness (QED) is 0.503. The van der Waals surface area contributed by atoms with Gasteiger partial charge >= 0.3 is 11.6 Å². The number of aromatic nitrogens is 1. The first kappa shape index (κ1) is 16.2. The van der Waals surface area contributed by atoms with Gasteiger partial charge in [-0.2, -0.15) is 0 Å². The highest BCUT2D eigenvalue weighted by Gasteiger charge is 2.13. The Kier molecular flexibility index (Phi) is 4.35. The fraction of sp³-hybridized carbons (Fsp3) is 0.118. The normalized spacial score (nSPS) is 10.6. The molecule has 0 aliphatic carbocycles. The predicted molar refractivity (Wildman–Crippen MR) is 91.3 cm³/mol. The Morgan fingerprint density at radius 1 is 1.17 bits per heavy atom. The van der Waals surface area contributed by atoms with E-state index >= 15 is 0 Å². The van der Waals surface area contributed by atoms with Gasteiger partial charge in [-0.3, -0.25) is 4.79 Å². The topological polar surface area (TPSA) is 78.6 Å². The summed E-state index contributed by atoms with van der Waals surface area (Å²) in [6, 6.07) is 9.96. The molecule has 3 rings (SSSR count). The van der Waals surface area contributed by atoms with Crippen LogP contribution in [0.1, 0.15) is 6.92 Å². The summed E-state index contributed by atoms with van der Waals surface area (Å²) in [7, 11) is 1.45. The highest BCUT2D eigenvalue weighted by Crippen LogP contribution is 2.32. The minimum absolute atomic E-state index is 0.155. The second kappa shape index (κ2) is 6.45. The second-order valence-corrected chi connectivity index (χ2v) is 5.84. The third-order valence-electron chi connectivity index (χ3n) is 3.25. The lowest BCUT2D eigenvalue weighted by Crippen LogP contribution is -2.04. The van der Waals surface area contributed by atoms with Gasteiger partial charge in [0, 0.05) is 17.0 Å². The molecule has 0 saturated heterocycles. The zero-order valence-electron chi connectivity index (χ0n) is 12.8. The summed E-state index contributed by atoms with van der Waals surface area (Å²) in [4.78, 5) is 27.6. The number of carbonyl (C=O) groups is 1. The molecule has 0 saturated carbocycles. The van der Waals surface area contributed by atoms with E-state index in [1.165, 1.54) is 14.0 Å². The van der Waals surface area contributed by atoms with E-state index in [1.807, 2.05) is 0 Å². The molecule has 1 heterocycles. The molecule has 0 N–H and O–H groups in total.